The van der Waals surface area contributed by atoms with Crippen LogP contribution in [0.3, 0.4) is 0 Å². The molecule has 3 nitrogen and oxygen atoms in total. The zero-order chi connectivity index (χ0) is 12.7. The van der Waals surface area contributed by atoms with Crippen molar-refractivity contribution in [2.75, 3.05) is 30.1 Å². The van der Waals surface area contributed by atoms with Crippen molar-refractivity contribution in [3.63, 3.8) is 0 Å². The van der Waals surface area contributed by atoms with Crippen LogP contribution in [-0.4, -0.2) is 24.8 Å². The van der Waals surface area contributed by atoms with Gasteiger partial charge in [0, 0.05) is 38.2 Å². The topological polar surface area (TPSA) is 28.2 Å². The molecule has 0 aliphatic heterocycles. The Hall–Kier alpha value is -1.23. The Morgan fingerprint density at radius 1 is 1.59 bits per heavy atom. The summed E-state index contributed by atoms with van der Waals surface area (Å²) in [5, 5.41) is 3.07. The average molecular weight is 255 g/mol. The molecule has 17 heavy (non-hydrogen) atoms. The Balaban J connectivity index is 2.81. The summed E-state index contributed by atoms with van der Waals surface area (Å²) in [6.07, 6.45) is 5.12. The summed E-state index contributed by atoms with van der Waals surface area (Å²) in [6, 6.07) is 2.03. The predicted molar refractivity (Wildman–Crippen MR) is 74.3 cm³/mol. The highest BCUT2D eigenvalue weighted by atomic mass is 32.2. The maximum atomic E-state index is 11.9. The van der Waals surface area contributed by atoms with Gasteiger partial charge >= 0.3 is 0 Å². The highest BCUT2D eigenvalue weighted by molar-refractivity contribution is 7.94. The number of hydrogen-bond acceptors (Lipinski definition) is 4. The van der Waals surface area contributed by atoms with Crippen molar-refractivity contribution < 1.29 is 3.89 Å². The summed E-state index contributed by atoms with van der Waals surface area (Å²) in [5.41, 5.74) is 2.03. The van der Waals surface area contributed by atoms with Gasteiger partial charge in [0.25, 0.3) is 0 Å². The fraction of sp³-hybridized carbons (Fsp3) is 0.417. The van der Waals surface area contributed by atoms with Crippen molar-refractivity contribution >= 4 is 23.7 Å². The van der Waals surface area contributed by atoms with Crippen LogP contribution in [0.4, 0.5) is 15.4 Å². The number of nitrogens with zero attached hydrogens (tertiary/aromatic N) is 2. The second kappa shape index (κ2) is 7.17. The third kappa shape index (κ3) is 4.26. The highest BCUT2D eigenvalue weighted by Crippen LogP contribution is 2.23. The Bertz CT molecular complexity index is 369. The van der Waals surface area contributed by atoms with E-state index in [0.717, 1.165) is 29.9 Å². The van der Waals surface area contributed by atoms with Gasteiger partial charge in [0.15, 0.2) is 5.82 Å². The molecule has 0 unspecified atom stereocenters. The number of aryl methyl sites for hydroxylation is 1. The first-order valence-corrected chi connectivity index (χ1v) is 6.35. The van der Waals surface area contributed by atoms with E-state index in [0.29, 0.717) is 17.9 Å². The number of rotatable bonds is 7. The number of nitrogens with one attached hydrogen (secondary N) is 1. The van der Waals surface area contributed by atoms with Crippen molar-refractivity contribution in [2.45, 2.75) is 12.8 Å². The second-order valence-corrected chi connectivity index (χ2v) is 4.50. The van der Waals surface area contributed by atoms with Gasteiger partial charge in [-0.2, -0.15) is 3.89 Å². The lowest BCUT2D eigenvalue weighted by Gasteiger charge is -2.16. The monoisotopic (exact) mass is 255 g/mol. The lowest BCUT2D eigenvalue weighted by molar-refractivity contribution is 0.882. The molecule has 0 saturated heterocycles. The molecule has 94 valence electrons. The SMILES string of the molecule is C=CNc1cc(CCCSF)cnc1N(C)C. The number of anilines is 2. The number of hydrogen-bond donors (Lipinski definition) is 1. The van der Waals surface area contributed by atoms with Gasteiger partial charge in [-0.1, -0.05) is 6.58 Å². The molecule has 0 bridgehead atoms. The van der Waals surface area contributed by atoms with Crippen molar-refractivity contribution in [3.05, 3.63) is 30.6 Å². The minimum absolute atomic E-state index is 0.383. The zero-order valence-corrected chi connectivity index (χ0v) is 11.1. The van der Waals surface area contributed by atoms with E-state index in [1.807, 2.05) is 31.3 Å². The van der Waals surface area contributed by atoms with Crippen LogP contribution >= 0.6 is 12.1 Å². The number of halogens is 1. The molecule has 1 aromatic rings. The molecule has 0 fully saturated rings. The molecular formula is C12H18FN3S. The smallest absolute Gasteiger partial charge is 0.151 e. The van der Waals surface area contributed by atoms with Crippen LogP contribution < -0.4 is 10.2 Å². The van der Waals surface area contributed by atoms with Crippen molar-refractivity contribution in [1.82, 2.24) is 4.98 Å². The molecule has 0 spiro atoms. The molecule has 5 heteroatoms. The maximum Gasteiger partial charge on any atom is 0.151 e. The third-order valence-electron chi connectivity index (χ3n) is 2.29. The van der Waals surface area contributed by atoms with Crippen LogP contribution in [0.5, 0.6) is 0 Å². The van der Waals surface area contributed by atoms with E-state index in [1.54, 1.807) is 6.20 Å². The van der Waals surface area contributed by atoms with Crippen molar-refractivity contribution in [1.29, 1.82) is 0 Å². The molecular weight excluding hydrogens is 237 g/mol. The van der Waals surface area contributed by atoms with E-state index in [-0.39, 0.29) is 0 Å². The molecule has 0 amide bonds. The van der Waals surface area contributed by atoms with E-state index >= 15 is 0 Å². The van der Waals surface area contributed by atoms with E-state index in [9.17, 15) is 3.89 Å². The molecule has 0 aliphatic rings. The molecule has 1 N–H and O–H groups in total. The second-order valence-electron chi connectivity index (χ2n) is 3.87. The van der Waals surface area contributed by atoms with Gasteiger partial charge in [-0.15, -0.1) is 0 Å². The molecule has 0 aromatic carbocycles. The standard InChI is InChI=1S/C12H18FN3S/c1-4-14-11-8-10(6-5-7-17-13)9-15-12(11)16(2)3/h4,8-9,14H,1,5-7H2,2-3H3. The van der Waals surface area contributed by atoms with Gasteiger partial charge in [0.05, 0.1) is 5.69 Å². The van der Waals surface area contributed by atoms with Crippen molar-refractivity contribution in [2.24, 2.45) is 0 Å². The van der Waals surface area contributed by atoms with Crippen LogP contribution in [0.2, 0.25) is 0 Å². The van der Waals surface area contributed by atoms with Crippen LogP contribution in [-0.2, 0) is 6.42 Å². The molecule has 0 radical (unpaired) electrons. The van der Waals surface area contributed by atoms with E-state index in [4.69, 9.17) is 0 Å². The first-order valence-electron chi connectivity index (χ1n) is 5.46. The molecule has 1 aromatic heterocycles. The predicted octanol–water partition coefficient (Wildman–Crippen LogP) is 3.25. The minimum atomic E-state index is 0.383. The normalized spacial score (nSPS) is 10.1. The van der Waals surface area contributed by atoms with Crippen LogP contribution in [0.1, 0.15) is 12.0 Å². The van der Waals surface area contributed by atoms with Crippen LogP contribution in [0.25, 0.3) is 0 Å². The quantitative estimate of drug-likeness (QED) is 0.757. The molecule has 0 atom stereocenters. The number of pyridine rings is 1. The summed E-state index contributed by atoms with van der Waals surface area (Å²) < 4.78 is 11.9. The molecule has 1 rings (SSSR count). The Morgan fingerprint density at radius 2 is 2.35 bits per heavy atom. The third-order valence-corrected chi connectivity index (χ3v) is 2.73. The first kappa shape index (κ1) is 13.8. The molecule has 1 heterocycles. The van der Waals surface area contributed by atoms with E-state index < -0.39 is 0 Å². The fourth-order valence-electron chi connectivity index (χ4n) is 1.54. The number of aromatic nitrogens is 1. The van der Waals surface area contributed by atoms with Crippen molar-refractivity contribution in [3.8, 4) is 0 Å². The minimum Gasteiger partial charge on any atom is -0.361 e. The van der Waals surface area contributed by atoms with Crippen LogP contribution in [0.15, 0.2) is 25.0 Å². The lowest BCUT2D eigenvalue weighted by Crippen LogP contribution is -2.13. The van der Waals surface area contributed by atoms with Gasteiger partial charge in [0.2, 0.25) is 0 Å². The zero-order valence-electron chi connectivity index (χ0n) is 10.2. The molecule has 0 aliphatic carbocycles. The average Bonchev–Trinajstić information content (AvgIpc) is 2.30. The Kier molecular flexibility index (Phi) is 5.83. The van der Waals surface area contributed by atoms with Gasteiger partial charge in [-0.05, 0) is 30.7 Å². The fourth-order valence-corrected chi connectivity index (χ4v) is 1.79. The van der Waals surface area contributed by atoms with Gasteiger partial charge in [0.1, 0.15) is 0 Å². The highest BCUT2D eigenvalue weighted by Gasteiger charge is 2.06. The first-order chi connectivity index (χ1) is 8.19. The van der Waals surface area contributed by atoms with E-state index in [2.05, 4.69) is 16.9 Å². The van der Waals surface area contributed by atoms with Gasteiger partial charge in [-0.25, -0.2) is 4.98 Å². The van der Waals surface area contributed by atoms with Gasteiger partial charge in [-0.3, -0.25) is 0 Å². The van der Waals surface area contributed by atoms with E-state index in [1.165, 1.54) is 0 Å². The maximum absolute atomic E-state index is 11.9. The van der Waals surface area contributed by atoms with Crippen LogP contribution in [0, 0.1) is 0 Å². The molecule has 0 saturated carbocycles. The lowest BCUT2D eigenvalue weighted by atomic mass is 10.1. The summed E-state index contributed by atoms with van der Waals surface area (Å²) in [4.78, 5) is 6.33. The summed E-state index contributed by atoms with van der Waals surface area (Å²) in [7, 11) is 3.88. The Labute approximate surface area is 106 Å². The largest absolute Gasteiger partial charge is 0.361 e. The summed E-state index contributed by atoms with van der Waals surface area (Å²) in [6.45, 7) is 3.65. The summed E-state index contributed by atoms with van der Waals surface area (Å²) in [5.74, 6) is 1.40. The Morgan fingerprint density at radius 3 is 2.94 bits per heavy atom. The summed E-state index contributed by atoms with van der Waals surface area (Å²) >= 11 is 0.383. The van der Waals surface area contributed by atoms with Gasteiger partial charge < -0.3 is 10.2 Å².